The summed E-state index contributed by atoms with van der Waals surface area (Å²) in [6, 6.07) is 5.31. The Morgan fingerprint density at radius 2 is 2.31 bits per heavy atom. The zero-order valence-corrected chi connectivity index (χ0v) is 9.91. The highest BCUT2D eigenvalue weighted by atomic mass is 35.5. The predicted molar refractivity (Wildman–Crippen MR) is 61.9 cm³/mol. The van der Waals surface area contributed by atoms with Crippen LogP contribution < -0.4 is 10.1 Å². The van der Waals surface area contributed by atoms with E-state index in [0.717, 1.165) is 5.56 Å². The van der Waals surface area contributed by atoms with Crippen LogP contribution in [0.2, 0.25) is 5.02 Å². The number of carboxylic acid groups (broad SMARTS) is 1. The van der Waals surface area contributed by atoms with Crippen LogP contribution in [0.1, 0.15) is 12.5 Å². The van der Waals surface area contributed by atoms with Gasteiger partial charge < -0.3 is 15.2 Å². The Morgan fingerprint density at radius 1 is 1.62 bits per heavy atom. The molecule has 1 rings (SSSR count). The minimum absolute atomic E-state index is 0.417. The van der Waals surface area contributed by atoms with Crippen LogP contribution >= 0.6 is 11.6 Å². The van der Waals surface area contributed by atoms with E-state index in [2.05, 4.69) is 5.32 Å². The van der Waals surface area contributed by atoms with Crippen molar-refractivity contribution >= 4 is 17.6 Å². The normalized spacial score (nSPS) is 12.2. The Morgan fingerprint density at radius 3 is 2.88 bits per heavy atom. The van der Waals surface area contributed by atoms with Crippen LogP contribution in [0.3, 0.4) is 0 Å². The molecule has 0 aliphatic rings. The van der Waals surface area contributed by atoms with Crippen molar-refractivity contribution in [1.82, 2.24) is 5.32 Å². The number of rotatable bonds is 5. The fourth-order valence-electron chi connectivity index (χ4n) is 1.24. The van der Waals surface area contributed by atoms with Gasteiger partial charge in [0.2, 0.25) is 0 Å². The highest BCUT2D eigenvalue weighted by Crippen LogP contribution is 2.29. The number of aliphatic carboxylic acids is 1. The van der Waals surface area contributed by atoms with Gasteiger partial charge in [0.25, 0.3) is 0 Å². The summed E-state index contributed by atoms with van der Waals surface area (Å²) in [4.78, 5) is 10.7. The van der Waals surface area contributed by atoms with Crippen molar-refractivity contribution in [3.63, 3.8) is 0 Å². The molecule has 88 valence electrons. The maximum Gasteiger partial charge on any atom is 0.344 e. The lowest BCUT2D eigenvalue weighted by atomic mass is 10.2. The third-order valence-corrected chi connectivity index (χ3v) is 2.36. The van der Waals surface area contributed by atoms with Gasteiger partial charge in [0.15, 0.2) is 6.10 Å². The quantitative estimate of drug-likeness (QED) is 0.830. The second-order valence-corrected chi connectivity index (χ2v) is 3.76. The summed E-state index contributed by atoms with van der Waals surface area (Å²) in [7, 11) is 1.80. The smallest absolute Gasteiger partial charge is 0.344 e. The zero-order chi connectivity index (χ0) is 12.1. The SMILES string of the molecule is CNCc1cccc(Cl)c1OC(C)C(=O)O. The first-order chi connectivity index (χ1) is 7.56. The number of carboxylic acids is 1. The van der Waals surface area contributed by atoms with Crippen molar-refractivity contribution in [2.75, 3.05) is 7.05 Å². The largest absolute Gasteiger partial charge is 0.479 e. The van der Waals surface area contributed by atoms with Gasteiger partial charge in [-0.05, 0) is 20.0 Å². The Bertz CT molecular complexity index is 381. The van der Waals surface area contributed by atoms with Gasteiger partial charge in [-0.2, -0.15) is 0 Å². The van der Waals surface area contributed by atoms with Crippen molar-refractivity contribution in [1.29, 1.82) is 0 Å². The molecule has 0 aromatic heterocycles. The lowest BCUT2D eigenvalue weighted by Crippen LogP contribution is -2.24. The van der Waals surface area contributed by atoms with Crippen LogP contribution in [0.25, 0.3) is 0 Å². The molecule has 2 N–H and O–H groups in total. The van der Waals surface area contributed by atoms with Gasteiger partial charge in [0.1, 0.15) is 5.75 Å². The van der Waals surface area contributed by atoms with E-state index in [4.69, 9.17) is 21.4 Å². The lowest BCUT2D eigenvalue weighted by Gasteiger charge is -2.15. The molecule has 4 nitrogen and oxygen atoms in total. The Kier molecular flexibility index (Phi) is 4.58. The molecule has 16 heavy (non-hydrogen) atoms. The minimum Gasteiger partial charge on any atom is -0.479 e. The maximum absolute atomic E-state index is 10.7. The Labute approximate surface area is 99.2 Å². The molecule has 0 aliphatic carbocycles. The fourth-order valence-corrected chi connectivity index (χ4v) is 1.48. The second-order valence-electron chi connectivity index (χ2n) is 3.36. The average molecular weight is 244 g/mol. The molecule has 0 amide bonds. The standard InChI is InChI=1S/C11H14ClNO3/c1-7(11(14)15)16-10-8(6-13-2)4-3-5-9(10)12/h3-5,7,13H,6H2,1-2H3,(H,14,15). The second kappa shape index (κ2) is 5.72. The van der Waals surface area contributed by atoms with Crippen LogP contribution in [0.15, 0.2) is 18.2 Å². The summed E-state index contributed by atoms with van der Waals surface area (Å²) in [5, 5.41) is 12.2. The van der Waals surface area contributed by atoms with Crippen LogP contribution in [-0.4, -0.2) is 24.2 Å². The van der Waals surface area contributed by atoms with Gasteiger partial charge in [0, 0.05) is 12.1 Å². The molecule has 0 bridgehead atoms. The van der Waals surface area contributed by atoms with Crippen molar-refractivity contribution in [3.8, 4) is 5.75 Å². The predicted octanol–water partition coefficient (Wildman–Crippen LogP) is 1.91. The van der Waals surface area contributed by atoms with E-state index in [1.807, 2.05) is 6.07 Å². The number of benzene rings is 1. The van der Waals surface area contributed by atoms with Crippen LogP contribution in [-0.2, 0) is 11.3 Å². The van der Waals surface area contributed by atoms with Gasteiger partial charge in [-0.25, -0.2) is 4.79 Å². The maximum atomic E-state index is 10.7. The number of nitrogens with one attached hydrogen (secondary N) is 1. The van der Waals surface area contributed by atoms with Crippen LogP contribution in [0, 0.1) is 0 Å². The van der Waals surface area contributed by atoms with E-state index in [9.17, 15) is 4.79 Å². The van der Waals surface area contributed by atoms with Gasteiger partial charge >= 0.3 is 5.97 Å². The first-order valence-corrected chi connectivity index (χ1v) is 5.25. The summed E-state index contributed by atoms with van der Waals surface area (Å²) in [5.41, 5.74) is 0.836. The summed E-state index contributed by atoms with van der Waals surface area (Å²) < 4.78 is 5.32. The van der Waals surface area contributed by atoms with E-state index in [1.165, 1.54) is 6.92 Å². The molecule has 1 unspecified atom stereocenters. The van der Waals surface area contributed by atoms with Crippen molar-refractivity contribution < 1.29 is 14.6 Å². The minimum atomic E-state index is -1.02. The topological polar surface area (TPSA) is 58.6 Å². The molecule has 1 atom stereocenters. The third kappa shape index (κ3) is 3.12. The first-order valence-electron chi connectivity index (χ1n) is 4.87. The first kappa shape index (κ1) is 12.8. The number of halogens is 1. The van der Waals surface area contributed by atoms with Crippen molar-refractivity contribution in [3.05, 3.63) is 28.8 Å². The molecule has 5 heteroatoms. The molecule has 0 radical (unpaired) electrons. The van der Waals surface area contributed by atoms with E-state index in [0.29, 0.717) is 17.3 Å². The molecule has 0 aliphatic heterocycles. The highest BCUT2D eigenvalue weighted by molar-refractivity contribution is 6.32. The molecule has 0 heterocycles. The molecule has 0 saturated carbocycles. The van der Waals surface area contributed by atoms with E-state index >= 15 is 0 Å². The van der Waals surface area contributed by atoms with Crippen LogP contribution in [0.4, 0.5) is 0 Å². The zero-order valence-electron chi connectivity index (χ0n) is 9.16. The van der Waals surface area contributed by atoms with E-state index in [1.54, 1.807) is 19.2 Å². The summed E-state index contributed by atoms with van der Waals surface area (Å²) in [5.74, 6) is -0.594. The number of hydrogen-bond donors (Lipinski definition) is 2. The number of hydrogen-bond acceptors (Lipinski definition) is 3. The van der Waals surface area contributed by atoms with E-state index < -0.39 is 12.1 Å². The van der Waals surface area contributed by atoms with Crippen molar-refractivity contribution in [2.45, 2.75) is 19.6 Å². The monoisotopic (exact) mass is 243 g/mol. The molecule has 1 aromatic carbocycles. The summed E-state index contributed by atoms with van der Waals surface area (Å²) in [6.07, 6.45) is -0.921. The van der Waals surface area contributed by atoms with Gasteiger partial charge in [-0.1, -0.05) is 23.7 Å². The molecular formula is C11H14ClNO3. The summed E-state index contributed by atoms with van der Waals surface area (Å²) >= 11 is 5.97. The molecule has 1 aromatic rings. The number of para-hydroxylation sites is 1. The third-order valence-electron chi connectivity index (χ3n) is 2.06. The van der Waals surface area contributed by atoms with Crippen molar-refractivity contribution in [2.24, 2.45) is 0 Å². The Balaban J connectivity index is 2.96. The van der Waals surface area contributed by atoms with E-state index in [-0.39, 0.29) is 0 Å². The number of carbonyl (C=O) groups is 1. The van der Waals surface area contributed by atoms with Gasteiger partial charge in [-0.3, -0.25) is 0 Å². The van der Waals surface area contributed by atoms with Gasteiger partial charge in [0.05, 0.1) is 5.02 Å². The molecule has 0 spiro atoms. The van der Waals surface area contributed by atoms with Gasteiger partial charge in [-0.15, -0.1) is 0 Å². The fraction of sp³-hybridized carbons (Fsp3) is 0.364. The number of ether oxygens (including phenoxy) is 1. The molecule has 0 saturated heterocycles. The highest BCUT2D eigenvalue weighted by Gasteiger charge is 2.16. The molecular weight excluding hydrogens is 230 g/mol. The average Bonchev–Trinajstić information content (AvgIpc) is 2.23. The molecule has 0 fully saturated rings. The summed E-state index contributed by atoms with van der Waals surface area (Å²) in [6.45, 7) is 2.04. The van der Waals surface area contributed by atoms with Crippen LogP contribution in [0.5, 0.6) is 5.75 Å². The Hall–Kier alpha value is -1.26. The lowest BCUT2D eigenvalue weighted by molar-refractivity contribution is -0.144.